The Hall–Kier alpha value is -6.75. The largest absolute Gasteiger partial charge is 0.506 e. The highest BCUT2D eigenvalue weighted by molar-refractivity contribution is 5.98. The number of pyridine rings is 1. The summed E-state index contributed by atoms with van der Waals surface area (Å²) < 4.78 is 17.0. The highest BCUT2D eigenvalue weighted by Crippen LogP contribution is 2.31. The molecule has 0 spiro atoms. The molecular formula is C48H54N6O10. The number of hydrogen-bond donors (Lipinski definition) is 6. The number of aliphatic hydroxyl groups excluding tert-OH is 1. The molecule has 8 rings (SSSR count). The summed E-state index contributed by atoms with van der Waals surface area (Å²) in [4.78, 5) is 70.4. The van der Waals surface area contributed by atoms with Gasteiger partial charge in [-0.05, 0) is 90.5 Å². The van der Waals surface area contributed by atoms with E-state index in [-0.39, 0.29) is 54.6 Å². The Morgan fingerprint density at radius 3 is 2.38 bits per heavy atom. The van der Waals surface area contributed by atoms with Gasteiger partial charge in [0.15, 0.2) is 0 Å². The van der Waals surface area contributed by atoms with Gasteiger partial charge in [-0.15, -0.1) is 0 Å². The Labute approximate surface area is 370 Å². The van der Waals surface area contributed by atoms with Crippen LogP contribution in [0.1, 0.15) is 64.0 Å². The number of amides is 3. The van der Waals surface area contributed by atoms with E-state index in [9.17, 15) is 34.2 Å². The number of ether oxygens (including phenoxy) is 3. The molecule has 3 saturated heterocycles. The molecule has 5 aromatic rings. The maximum Gasteiger partial charge on any atom is 0.408 e. The number of benzene rings is 4. The molecular weight excluding hydrogens is 821 g/mol. The normalized spacial score (nSPS) is 18.0. The van der Waals surface area contributed by atoms with Crippen LogP contribution in [0.4, 0.5) is 4.79 Å². The number of piperidine rings is 3. The van der Waals surface area contributed by atoms with Gasteiger partial charge in [-0.2, -0.15) is 0 Å². The molecule has 3 unspecified atom stereocenters. The van der Waals surface area contributed by atoms with Gasteiger partial charge in [0.1, 0.15) is 30.3 Å². The van der Waals surface area contributed by atoms with Crippen LogP contribution in [0.5, 0.6) is 11.5 Å². The maximum atomic E-state index is 13.3. The average molecular weight is 875 g/mol. The summed E-state index contributed by atoms with van der Waals surface area (Å²) in [6, 6.07) is 28.0. The van der Waals surface area contributed by atoms with Gasteiger partial charge in [-0.3, -0.25) is 19.3 Å². The number of carbonyl (C=O) groups excluding carboxylic acids is 4. The first-order chi connectivity index (χ1) is 30.9. The molecule has 3 aliphatic rings. The highest BCUT2D eigenvalue weighted by Gasteiger charge is 2.37. The SMILES string of the molecule is COC(=O)[C@H](CC(=O)N(C)CCNCC(O)c1ccc(O)c2[nH]c(=O)ccc12)NC(=O)c1ccc(COc2cccc(C(NC(=O)OC3CN4CCC3CC4)c3ccccc3)c2)cc1. The highest BCUT2D eigenvalue weighted by atomic mass is 16.6. The topological polar surface area (TPSA) is 212 Å². The van der Waals surface area contributed by atoms with Crippen molar-refractivity contribution in [3.05, 3.63) is 141 Å². The summed E-state index contributed by atoms with van der Waals surface area (Å²) in [6.45, 7) is 3.70. The number of H-pyrrole nitrogens is 1. The number of methoxy groups -OCH3 is 1. The van der Waals surface area contributed by atoms with Gasteiger partial charge in [0.25, 0.3) is 5.91 Å². The van der Waals surface area contributed by atoms with Gasteiger partial charge in [0, 0.05) is 50.2 Å². The number of nitrogens with one attached hydrogen (secondary N) is 4. The zero-order chi connectivity index (χ0) is 45.2. The third-order valence-corrected chi connectivity index (χ3v) is 11.9. The molecule has 4 atom stereocenters. The van der Waals surface area contributed by atoms with Gasteiger partial charge in [-0.1, -0.05) is 60.7 Å². The second-order valence-electron chi connectivity index (χ2n) is 16.2. The lowest BCUT2D eigenvalue weighted by Gasteiger charge is -2.43. The minimum Gasteiger partial charge on any atom is -0.506 e. The van der Waals surface area contributed by atoms with E-state index in [1.165, 1.54) is 30.2 Å². The quantitative estimate of drug-likeness (QED) is 0.0542. The molecule has 0 radical (unpaired) electrons. The molecule has 6 N–H and O–H groups in total. The summed E-state index contributed by atoms with van der Waals surface area (Å²) in [5.74, 6) is -0.905. The van der Waals surface area contributed by atoms with Crippen molar-refractivity contribution in [2.45, 2.75) is 50.2 Å². The number of phenolic OH excluding ortho intramolecular Hbond substituents is 1. The Morgan fingerprint density at radius 2 is 1.66 bits per heavy atom. The third-order valence-electron chi connectivity index (χ3n) is 11.9. The molecule has 1 aromatic heterocycles. The molecule has 3 amide bonds. The number of rotatable bonds is 18. The number of aromatic hydroxyl groups is 1. The molecule has 0 saturated carbocycles. The Kier molecular flexibility index (Phi) is 14.9. The number of fused-ring (bicyclic) bond motifs is 4. The number of esters is 1. The van der Waals surface area contributed by atoms with Crippen molar-refractivity contribution in [3.8, 4) is 11.5 Å². The Morgan fingerprint density at radius 1 is 0.906 bits per heavy atom. The van der Waals surface area contributed by atoms with E-state index in [1.54, 1.807) is 37.4 Å². The van der Waals surface area contributed by atoms with Crippen LogP contribution in [0, 0.1) is 5.92 Å². The minimum absolute atomic E-state index is 0.111. The van der Waals surface area contributed by atoms with Crippen molar-refractivity contribution < 1.29 is 43.6 Å². The van der Waals surface area contributed by atoms with Crippen molar-refractivity contribution in [2.24, 2.45) is 5.92 Å². The summed E-state index contributed by atoms with van der Waals surface area (Å²) in [6.07, 6.45) is 0.178. The van der Waals surface area contributed by atoms with Crippen molar-refractivity contribution in [3.63, 3.8) is 0 Å². The molecule has 64 heavy (non-hydrogen) atoms. The summed E-state index contributed by atoms with van der Waals surface area (Å²) in [7, 11) is 2.74. The predicted molar refractivity (Wildman–Crippen MR) is 238 cm³/mol. The number of nitrogens with zero attached hydrogens (tertiary/aromatic N) is 2. The fourth-order valence-electron chi connectivity index (χ4n) is 8.22. The first-order valence-electron chi connectivity index (χ1n) is 21.4. The zero-order valence-corrected chi connectivity index (χ0v) is 35.8. The molecule has 2 bridgehead atoms. The molecule has 16 heteroatoms. The van der Waals surface area contributed by atoms with Crippen LogP contribution >= 0.6 is 0 Å². The van der Waals surface area contributed by atoms with Gasteiger partial charge >= 0.3 is 12.1 Å². The second kappa shape index (κ2) is 21.1. The van der Waals surface area contributed by atoms with E-state index in [4.69, 9.17) is 14.2 Å². The van der Waals surface area contributed by atoms with E-state index in [2.05, 4.69) is 25.8 Å². The summed E-state index contributed by atoms with van der Waals surface area (Å²) in [5.41, 5.74) is 3.10. The number of aromatic nitrogens is 1. The van der Waals surface area contributed by atoms with Crippen molar-refractivity contribution in [1.82, 2.24) is 30.7 Å². The summed E-state index contributed by atoms with van der Waals surface area (Å²) >= 11 is 0. The van der Waals surface area contributed by atoms with Gasteiger partial charge in [0.2, 0.25) is 11.5 Å². The number of carbonyl (C=O) groups is 4. The standard InChI is InChI=1S/C48H54N6O10/c1-53(24-21-49-27-40(56)36-15-17-39(55)45-37(36)16-18-42(57)51-45)43(58)26-38(47(60)62-2)50-46(59)33-13-11-30(12-14-33)29-63-35-10-6-9-34(25-35)44(32-7-4-3-5-8-32)52-48(61)64-41-28-54-22-19-31(41)20-23-54/h3-18,25,31,38,40-41,44,49,55-56H,19-24,26-29H2,1-2H3,(H,50,59)(H,51,57)(H,52,61)/t38-,40?,41?,44?/m0/s1. The fourth-order valence-corrected chi connectivity index (χ4v) is 8.22. The van der Waals surface area contributed by atoms with Crippen molar-refractivity contribution in [2.75, 3.05) is 53.4 Å². The number of alkyl carbamates (subject to hydrolysis) is 1. The van der Waals surface area contributed by atoms with E-state index in [0.29, 0.717) is 29.2 Å². The molecule has 0 aliphatic carbocycles. The number of aliphatic hydroxyl groups is 1. The smallest absolute Gasteiger partial charge is 0.408 e. The van der Waals surface area contributed by atoms with Crippen molar-refractivity contribution >= 4 is 34.8 Å². The molecule has 3 aliphatic heterocycles. The van der Waals surface area contributed by atoms with Crippen LogP contribution in [0.15, 0.2) is 108 Å². The fraction of sp³-hybridized carbons (Fsp3) is 0.354. The third kappa shape index (κ3) is 11.4. The minimum atomic E-state index is -1.25. The Balaban J connectivity index is 0.890. The van der Waals surface area contributed by atoms with E-state index < -0.39 is 42.1 Å². The molecule has 3 fully saturated rings. The first kappa shape index (κ1) is 45.3. The lowest BCUT2D eigenvalue weighted by Crippen LogP contribution is -2.52. The van der Waals surface area contributed by atoms with E-state index in [1.807, 2.05) is 54.6 Å². The number of phenols is 1. The zero-order valence-electron chi connectivity index (χ0n) is 35.8. The van der Waals surface area contributed by atoms with Crippen LogP contribution in [0.25, 0.3) is 10.9 Å². The molecule has 4 heterocycles. The number of aromatic amines is 1. The van der Waals surface area contributed by atoms with Crippen molar-refractivity contribution in [1.29, 1.82) is 0 Å². The van der Waals surface area contributed by atoms with Gasteiger partial charge in [-0.25, -0.2) is 9.59 Å². The van der Waals surface area contributed by atoms with E-state index in [0.717, 1.165) is 49.2 Å². The second-order valence-corrected chi connectivity index (χ2v) is 16.2. The van der Waals surface area contributed by atoms with Crippen LogP contribution < -0.4 is 26.2 Å². The van der Waals surface area contributed by atoms with Crippen LogP contribution in [-0.4, -0.2) is 114 Å². The lowest BCUT2D eigenvalue weighted by atomic mass is 9.86. The van der Waals surface area contributed by atoms with Gasteiger partial charge in [0.05, 0.1) is 31.2 Å². The average Bonchev–Trinajstić information content (AvgIpc) is 3.32. The summed E-state index contributed by atoms with van der Waals surface area (Å²) in [5, 5.41) is 30.3. The van der Waals surface area contributed by atoms with Gasteiger partial charge < -0.3 is 50.3 Å². The number of likely N-dealkylation sites (N-methyl/N-ethyl adjacent to an activating group) is 1. The predicted octanol–water partition coefficient (Wildman–Crippen LogP) is 4.17. The molecule has 4 aromatic carbocycles. The Bertz CT molecular complexity index is 2470. The van der Waals surface area contributed by atoms with Crippen LogP contribution in [0.2, 0.25) is 0 Å². The molecule has 336 valence electrons. The van der Waals surface area contributed by atoms with Crippen LogP contribution in [0.3, 0.4) is 0 Å². The first-order valence-corrected chi connectivity index (χ1v) is 21.4. The molecule has 16 nitrogen and oxygen atoms in total. The monoisotopic (exact) mass is 874 g/mol. The maximum absolute atomic E-state index is 13.3. The van der Waals surface area contributed by atoms with E-state index >= 15 is 0 Å². The van der Waals surface area contributed by atoms with Crippen LogP contribution in [-0.2, 0) is 25.7 Å². The number of hydrogen-bond acceptors (Lipinski definition) is 12. The lowest BCUT2D eigenvalue weighted by molar-refractivity contribution is -0.145.